The Bertz CT molecular complexity index is 656. The van der Waals surface area contributed by atoms with Gasteiger partial charge in [0.2, 0.25) is 0 Å². The second-order valence-electron chi connectivity index (χ2n) is 4.92. The van der Waals surface area contributed by atoms with Crippen molar-refractivity contribution in [3.05, 3.63) is 58.6 Å². The third-order valence-electron chi connectivity index (χ3n) is 3.01. The van der Waals surface area contributed by atoms with Crippen molar-refractivity contribution in [1.82, 2.24) is 4.90 Å². The first-order chi connectivity index (χ1) is 9.97. The van der Waals surface area contributed by atoms with Crippen LogP contribution in [-0.2, 0) is 6.54 Å². The molecule has 110 valence electrons. The molecule has 0 aromatic heterocycles. The summed E-state index contributed by atoms with van der Waals surface area (Å²) >= 11 is 6.14. The molecule has 2 aromatic rings. The Balaban J connectivity index is 2.16. The molecule has 1 amide bonds. The van der Waals surface area contributed by atoms with Gasteiger partial charge in [0, 0.05) is 26.2 Å². The van der Waals surface area contributed by atoms with Crippen molar-refractivity contribution in [3.63, 3.8) is 0 Å². The summed E-state index contributed by atoms with van der Waals surface area (Å²) in [5.41, 5.74) is 2.19. The zero-order chi connectivity index (χ0) is 15.4. The molecule has 0 heterocycles. The molecule has 0 saturated carbocycles. The first-order valence-corrected chi connectivity index (χ1v) is 6.88. The van der Waals surface area contributed by atoms with Crippen molar-refractivity contribution < 1.29 is 9.90 Å². The van der Waals surface area contributed by atoms with E-state index in [0.717, 1.165) is 5.56 Å². The fraction of sp³-hybridized carbons (Fsp3) is 0.188. The van der Waals surface area contributed by atoms with Gasteiger partial charge in [0.05, 0.1) is 10.7 Å². The zero-order valence-electron chi connectivity index (χ0n) is 11.9. The Hall–Kier alpha value is -2.20. The maximum absolute atomic E-state index is 11.9. The van der Waals surface area contributed by atoms with Crippen LogP contribution in [0.2, 0.25) is 5.02 Å². The average molecular weight is 305 g/mol. The van der Waals surface area contributed by atoms with Crippen LogP contribution in [0.25, 0.3) is 0 Å². The number of halogens is 1. The lowest BCUT2D eigenvalue weighted by molar-refractivity contribution is 0.0827. The van der Waals surface area contributed by atoms with E-state index in [2.05, 4.69) is 5.32 Å². The lowest BCUT2D eigenvalue weighted by Crippen LogP contribution is -2.21. The summed E-state index contributed by atoms with van der Waals surface area (Å²) in [5, 5.41) is 13.2. The van der Waals surface area contributed by atoms with Crippen LogP contribution in [0.3, 0.4) is 0 Å². The normalized spacial score (nSPS) is 10.2. The number of nitrogens with one attached hydrogen (secondary N) is 1. The quantitative estimate of drug-likeness (QED) is 0.910. The molecular formula is C16H17ClN2O2. The third kappa shape index (κ3) is 3.89. The van der Waals surface area contributed by atoms with Gasteiger partial charge in [-0.25, -0.2) is 0 Å². The second kappa shape index (κ2) is 6.50. The Morgan fingerprint density at radius 3 is 2.67 bits per heavy atom. The van der Waals surface area contributed by atoms with Crippen LogP contribution in [0, 0.1) is 0 Å². The van der Waals surface area contributed by atoms with Gasteiger partial charge in [-0.2, -0.15) is 0 Å². The molecule has 0 bridgehead atoms. The van der Waals surface area contributed by atoms with E-state index in [0.29, 0.717) is 22.8 Å². The molecule has 0 radical (unpaired) electrons. The van der Waals surface area contributed by atoms with E-state index < -0.39 is 0 Å². The Morgan fingerprint density at radius 1 is 1.24 bits per heavy atom. The molecule has 2 rings (SSSR count). The Kier molecular flexibility index (Phi) is 4.70. The maximum Gasteiger partial charge on any atom is 0.253 e. The van der Waals surface area contributed by atoms with Gasteiger partial charge in [-0.1, -0.05) is 23.7 Å². The molecule has 0 spiro atoms. The smallest absolute Gasteiger partial charge is 0.253 e. The van der Waals surface area contributed by atoms with E-state index in [4.69, 9.17) is 11.6 Å². The maximum atomic E-state index is 11.9. The topological polar surface area (TPSA) is 52.6 Å². The highest BCUT2D eigenvalue weighted by Gasteiger charge is 2.10. The van der Waals surface area contributed by atoms with E-state index in [-0.39, 0.29) is 11.7 Å². The largest absolute Gasteiger partial charge is 0.508 e. The summed E-state index contributed by atoms with van der Waals surface area (Å²) in [6.07, 6.45) is 0. The predicted molar refractivity (Wildman–Crippen MR) is 84.9 cm³/mol. The third-order valence-corrected chi connectivity index (χ3v) is 3.34. The second-order valence-corrected chi connectivity index (χ2v) is 5.32. The van der Waals surface area contributed by atoms with Gasteiger partial charge in [0.1, 0.15) is 5.75 Å². The summed E-state index contributed by atoms with van der Waals surface area (Å²) in [7, 11) is 3.41. The zero-order valence-corrected chi connectivity index (χ0v) is 12.7. The van der Waals surface area contributed by atoms with Crippen LogP contribution in [0.5, 0.6) is 5.75 Å². The van der Waals surface area contributed by atoms with Crippen LogP contribution in [0.4, 0.5) is 5.69 Å². The summed E-state index contributed by atoms with van der Waals surface area (Å²) < 4.78 is 0. The van der Waals surface area contributed by atoms with E-state index in [1.54, 1.807) is 50.5 Å². The van der Waals surface area contributed by atoms with Gasteiger partial charge in [-0.15, -0.1) is 0 Å². The van der Waals surface area contributed by atoms with Crippen molar-refractivity contribution in [2.75, 3.05) is 19.4 Å². The number of carbonyl (C=O) groups excluding carboxylic acids is 1. The minimum absolute atomic E-state index is 0.0768. The number of phenols is 1. The van der Waals surface area contributed by atoms with Crippen molar-refractivity contribution in [2.24, 2.45) is 0 Å². The first-order valence-electron chi connectivity index (χ1n) is 6.50. The highest BCUT2D eigenvalue weighted by molar-refractivity contribution is 6.33. The molecule has 0 aliphatic rings. The first kappa shape index (κ1) is 15.2. The van der Waals surface area contributed by atoms with E-state index in [1.165, 1.54) is 4.90 Å². The SMILES string of the molecule is CN(C)C(=O)c1ccc(Cl)c(NCc2cccc(O)c2)c1. The molecule has 0 unspecified atom stereocenters. The number of carbonyl (C=O) groups is 1. The summed E-state index contributed by atoms with van der Waals surface area (Å²) in [6, 6.07) is 12.1. The lowest BCUT2D eigenvalue weighted by Gasteiger charge is -2.13. The number of aromatic hydroxyl groups is 1. The van der Waals surface area contributed by atoms with Crippen LogP contribution < -0.4 is 5.32 Å². The summed E-state index contributed by atoms with van der Waals surface area (Å²) in [6.45, 7) is 0.508. The van der Waals surface area contributed by atoms with Gasteiger partial charge in [0.25, 0.3) is 5.91 Å². The lowest BCUT2D eigenvalue weighted by atomic mass is 10.1. The molecule has 4 nitrogen and oxygen atoms in total. The number of hydrogen-bond donors (Lipinski definition) is 2. The highest BCUT2D eigenvalue weighted by atomic mass is 35.5. The average Bonchev–Trinajstić information content (AvgIpc) is 2.45. The Morgan fingerprint density at radius 2 is 2.00 bits per heavy atom. The summed E-state index contributed by atoms with van der Waals surface area (Å²) in [4.78, 5) is 13.5. The van der Waals surface area contributed by atoms with Gasteiger partial charge in [-0.3, -0.25) is 4.79 Å². The highest BCUT2D eigenvalue weighted by Crippen LogP contribution is 2.24. The minimum Gasteiger partial charge on any atom is -0.508 e. The van der Waals surface area contributed by atoms with Crippen LogP contribution in [0.1, 0.15) is 15.9 Å². The molecule has 5 heteroatoms. The number of benzene rings is 2. The standard InChI is InChI=1S/C16H17ClN2O2/c1-19(2)16(21)12-6-7-14(17)15(9-12)18-10-11-4-3-5-13(20)8-11/h3-9,18,20H,10H2,1-2H3. The Labute approximate surface area is 129 Å². The number of amides is 1. The number of anilines is 1. The number of nitrogens with zero attached hydrogens (tertiary/aromatic N) is 1. The molecule has 0 aliphatic heterocycles. The molecular weight excluding hydrogens is 288 g/mol. The molecule has 0 atom stereocenters. The van der Waals surface area contributed by atoms with Crippen molar-refractivity contribution in [3.8, 4) is 5.75 Å². The van der Waals surface area contributed by atoms with Crippen LogP contribution in [-0.4, -0.2) is 30.0 Å². The van der Waals surface area contributed by atoms with E-state index in [1.807, 2.05) is 6.07 Å². The van der Waals surface area contributed by atoms with Gasteiger partial charge in [-0.05, 0) is 35.9 Å². The van der Waals surface area contributed by atoms with E-state index in [9.17, 15) is 9.90 Å². The summed E-state index contributed by atoms with van der Waals surface area (Å²) in [5.74, 6) is 0.143. The molecule has 0 saturated heterocycles. The van der Waals surface area contributed by atoms with Crippen molar-refractivity contribution in [1.29, 1.82) is 0 Å². The van der Waals surface area contributed by atoms with Crippen molar-refractivity contribution in [2.45, 2.75) is 6.54 Å². The van der Waals surface area contributed by atoms with Crippen LogP contribution >= 0.6 is 11.6 Å². The molecule has 0 aliphatic carbocycles. The minimum atomic E-state index is -0.0768. The molecule has 0 fully saturated rings. The fourth-order valence-electron chi connectivity index (χ4n) is 1.92. The number of phenolic OH excluding ortho intramolecular Hbond substituents is 1. The van der Waals surface area contributed by atoms with Gasteiger partial charge < -0.3 is 15.3 Å². The van der Waals surface area contributed by atoms with Gasteiger partial charge >= 0.3 is 0 Å². The molecule has 2 N–H and O–H groups in total. The number of rotatable bonds is 4. The number of hydrogen-bond acceptors (Lipinski definition) is 3. The molecule has 21 heavy (non-hydrogen) atoms. The molecule has 2 aromatic carbocycles. The monoisotopic (exact) mass is 304 g/mol. The van der Waals surface area contributed by atoms with Gasteiger partial charge in [0.15, 0.2) is 0 Å². The van der Waals surface area contributed by atoms with Crippen LogP contribution in [0.15, 0.2) is 42.5 Å². The van der Waals surface area contributed by atoms with Crippen molar-refractivity contribution >= 4 is 23.2 Å². The van der Waals surface area contributed by atoms with E-state index >= 15 is 0 Å². The predicted octanol–water partition coefficient (Wildman–Crippen LogP) is 3.36. The fourth-order valence-corrected chi connectivity index (χ4v) is 2.10.